The molecule has 1 amide bonds. The first-order valence-corrected chi connectivity index (χ1v) is 11.2. The monoisotopic (exact) mass is 421 g/mol. The van der Waals surface area contributed by atoms with E-state index in [0.717, 1.165) is 47.4 Å². The van der Waals surface area contributed by atoms with Crippen molar-refractivity contribution >= 4 is 22.6 Å². The van der Waals surface area contributed by atoms with Crippen LogP contribution in [0.3, 0.4) is 0 Å². The summed E-state index contributed by atoms with van der Waals surface area (Å²) in [6, 6.07) is 8.07. The zero-order valence-electron chi connectivity index (χ0n) is 18.4. The van der Waals surface area contributed by atoms with Crippen LogP contribution in [0.25, 0.3) is 11.0 Å². The van der Waals surface area contributed by atoms with Crippen LogP contribution in [-0.2, 0) is 13.1 Å². The van der Waals surface area contributed by atoms with E-state index in [0.29, 0.717) is 18.2 Å². The molecule has 0 unspecified atom stereocenters. The standard InChI is InChI=1S/C24H31N5O2/c1-3-29-23-20(16-27-29)22(28-18-8-6-4-5-7-9-18)21(15-25-23)24(30)26-14-17-10-12-19(31-2)13-11-17/h10-13,15-16,18H,3-9,14H2,1-2H3,(H,25,28)(H,26,30). The topological polar surface area (TPSA) is 81.1 Å². The van der Waals surface area contributed by atoms with Gasteiger partial charge in [0.1, 0.15) is 5.75 Å². The number of pyridine rings is 1. The number of methoxy groups -OCH3 is 1. The zero-order valence-corrected chi connectivity index (χ0v) is 18.4. The van der Waals surface area contributed by atoms with Crippen LogP contribution in [0.15, 0.2) is 36.7 Å². The summed E-state index contributed by atoms with van der Waals surface area (Å²) >= 11 is 0. The van der Waals surface area contributed by atoms with Gasteiger partial charge in [0, 0.05) is 25.3 Å². The Labute approximate surface area is 183 Å². The first-order chi connectivity index (χ1) is 15.2. The quantitative estimate of drug-likeness (QED) is 0.548. The van der Waals surface area contributed by atoms with E-state index in [1.54, 1.807) is 13.3 Å². The molecule has 4 rings (SSSR count). The van der Waals surface area contributed by atoms with E-state index < -0.39 is 0 Å². The molecule has 3 aromatic rings. The molecule has 1 aliphatic rings. The van der Waals surface area contributed by atoms with Crippen LogP contribution in [0, 0.1) is 0 Å². The van der Waals surface area contributed by atoms with Crippen LogP contribution in [0.2, 0.25) is 0 Å². The Hall–Kier alpha value is -3.09. The molecule has 2 heterocycles. The first-order valence-electron chi connectivity index (χ1n) is 11.2. The summed E-state index contributed by atoms with van der Waals surface area (Å²) < 4.78 is 7.07. The molecule has 7 nitrogen and oxygen atoms in total. The Morgan fingerprint density at radius 1 is 1.13 bits per heavy atom. The number of carbonyl (C=O) groups excluding carboxylic acids is 1. The second kappa shape index (κ2) is 9.81. The number of anilines is 1. The summed E-state index contributed by atoms with van der Waals surface area (Å²) in [5, 5.41) is 12.1. The number of nitrogens with one attached hydrogen (secondary N) is 2. The molecule has 0 spiro atoms. The number of aromatic nitrogens is 3. The minimum atomic E-state index is -0.134. The first kappa shape index (κ1) is 21.2. The van der Waals surface area contributed by atoms with Crippen molar-refractivity contribution in [3.63, 3.8) is 0 Å². The number of aryl methyl sites for hydroxylation is 1. The van der Waals surface area contributed by atoms with Crippen molar-refractivity contribution in [2.45, 2.75) is 64.6 Å². The van der Waals surface area contributed by atoms with Crippen molar-refractivity contribution in [3.05, 3.63) is 47.8 Å². The number of amides is 1. The SMILES string of the molecule is CCn1ncc2c(NC3CCCCCC3)c(C(=O)NCc3ccc(OC)cc3)cnc21. The van der Waals surface area contributed by atoms with Crippen LogP contribution >= 0.6 is 0 Å². The van der Waals surface area contributed by atoms with E-state index in [4.69, 9.17) is 4.74 Å². The van der Waals surface area contributed by atoms with E-state index in [1.165, 1.54) is 25.7 Å². The maximum Gasteiger partial charge on any atom is 0.255 e. The maximum absolute atomic E-state index is 13.1. The highest BCUT2D eigenvalue weighted by Crippen LogP contribution is 2.29. The van der Waals surface area contributed by atoms with Gasteiger partial charge >= 0.3 is 0 Å². The highest BCUT2D eigenvalue weighted by Gasteiger charge is 2.21. The fourth-order valence-electron chi connectivity index (χ4n) is 4.23. The lowest BCUT2D eigenvalue weighted by atomic mass is 10.1. The van der Waals surface area contributed by atoms with Crippen molar-refractivity contribution in [2.24, 2.45) is 0 Å². The summed E-state index contributed by atoms with van der Waals surface area (Å²) in [5.41, 5.74) is 3.25. The van der Waals surface area contributed by atoms with E-state index >= 15 is 0 Å². The number of nitrogens with zero attached hydrogens (tertiary/aromatic N) is 3. The van der Waals surface area contributed by atoms with E-state index in [-0.39, 0.29) is 5.91 Å². The maximum atomic E-state index is 13.1. The van der Waals surface area contributed by atoms with Gasteiger partial charge in [0.05, 0.1) is 29.9 Å². The molecule has 0 saturated heterocycles. The van der Waals surface area contributed by atoms with E-state index in [2.05, 4.69) is 20.7 Å². The molecule has 2 aromatic heterocycles. The molecule has 1 fully saturated rings. The van der Waals surface area contributed by atoms with Crippen molar-refractivity contribution in [3.8, 4) is 5.75 Å². The predicted molar refractivity (Wildman–Crippen MR) is 122 cm³/mol. The van der Waals surface area contributed by atoms with Crippen molar-refractivity contribution in [2.75, 3.05) is 12.4 Å². The molecule has 1 aliphatic carbocycles. The van der Waals surface area contributed by atoms with Crippen LogP contribution in [-0.4, -0.2) is 33.8 Å². The second-order valence-corrected chi connectivity index (χ2v) is 8.11. The molecule has 1 aromatic carbocycles. The molecule has 0 radical (unpaired) electrons. The molecule has 0 bridgehead atoms. The van der Waals surface area contributed by atoms with Gasteiger partial charge in [0.2, 0.25) is 0 Å². The second-order valence-electron chi connectivity index (χ2n) is 8.11. The molecule has 164 valence electrons. The summed E-state index contributed by atoms with van der Waals surface area (Å²) in [5.74, 6) is 0.665. The normalized spacial score (nSPS) is 14.9. The van der Waals surface area contributed by atoms with Crippen molar-refractivity contribution in [1.82, 2.24) is 20.1 Å². The molecule has 0 atom stereocenters. The number of ether oxygens (including phenoxy) is 1. The number of benzene rings is 1. The van der Waals surface area contributed by atoms with Crippen LogP contribution in [0.4, 0.5) is 5.69 Å². The fraction of sp³-hybridized carbons (Fsp3) is 0.458. The van der Waals surface area contributed by atoms with E-state index in [9.17, 15) is 4.79 Å². The third kappa shape index (κ3) is 4.81. The molecule has 1 saturated carbocycles. The zero-order chi connectivity index (χ0) is 21.6. The number of hydrogen-bond acceptors (Lipinski definition) is 5. The highest BCUT2D eigenvalue weighted by atomic mass is 16.5. The smallest absolute Gasteiger partial charge is 0.255 e. The predicted octanol–water partition coefficient (Wildman–Crippen LogP) is 4.52. The summed E-state index contributed by atoms with van der Waals surface area (Å²) in [4.78, 5) is 17.7. The molecule has 2 N–H and O–H groups in total. The van der Waals surface area contributed by atoms with Gasteiger partial charge in [-0.1, -0.05) is 37.8 Å². The Morgan fingerprint density at radius 2 is 1.87 bits per heavy atom. The van der Waals surface area contributed by atoms with Crippen LogP contribution in [0.1, 0.15) is 61.4 Å². The van der Waals surface area contributed by atoms with Gasteiger partial charge in [-0.3, -0.25) is 4.79 Å². The Kier molecular flexibility index (Phi) is 6.70. The van der Waals surface area contributed by atoms with Crippen LogP contribution in [0.5, 0.6) is 5.75 Å². The van der Waals surface area contributed by atoms with Gasteiger partial charge in [0.15, 0.2) is 5.65 Å². The number of rotatable bonds is 7. The lowest BCUT2D eigenvalue weighted by Crippen LogP contribution is -2.26. The molecule has 31 heavy (non-hydrogen) atoms. The average molecular weight is 422 g/mol. The lowest BCUT2D eigenvalue weighted by Gasteiger charge is -2.20. The third-order valence-corrected chi connectivity index (χ3v) is 6.03. The summed E-state index contributed by atoms with van der Waals surface area (Å²) in [6.07, 6.45) is 10.8. The number of fused-ring (bicyclic) bond motifs is 1. The van der Waals surface area contributed by atoms with Crippen molar-refractivity contribution in [1.29, 1.82) is 0 Å². The molecule has 7 heteroatoms. The van der Waals surface area contributed by atoms with Crippen LogP contribution < -0.4 is 15.4 Å². The number of hydrogen-bond donors (Lipinski definition) is 2. The van der Waals surface area contributed by atoms with E-state index in [1.807, 2.05) is 42.1 Å². The van der Waals surface area contributed by atoms with Gasteiger partial charge in [-0.05, 0) is 37.5 Å². The van der Waals surface area contributed by atoms with Gasteiger partial charge < -0.3 is 15.4 Å². The molecular formula is C24H31N5O2. The Bertz CT molecular complexity index is 1020. The lowest BCUT2D eigenvalue weighted by molar-refractivity contribution is 0.0951. The summed E-state index contributed by atoms with van der Waals surface area (Å²) in [7, 11) is 1.64. The minimum Gasteiger partial charge on any atom is -0.497 e. The van der Waals surface area contributed by atoms with Crippen molar-refractivity contribution < 1.29 is 9.53 Å². The molecular weight excluding hydrogens is 390 g/mol. The van der Waals surface area contributed by atoms with Gasteiger partial charge in [0.25, 0.3) is 5.91 Å². The highest BCUT2D eigenvalue weighted by molar-refractivity contribution is 6.06. The Morgan fingerprint density at radius 3 is 2.55 bits per heavy atom. The van der Waals surface area contributed by atoms with Gasteiger partial charge in [-0.25, -0.2) is 9.67 Å². The third-order valence-electron chi connectivity index (χ3n) is 6.03. The van der Waals surface area contributed by atoms with Gasteiger partial charge in [-0.2, -0.15) is 5.10 Å². The number of carbonyl (C=O) groups is 1. The average Bonchev–Trinajstić information content (AvgIpc) is 3.06. The largest absolute Gasteiger partial charge is 0.497 e. The Balaban J connectivity index is 1.59. The fourth-order valence-corrected chi connectivity index (χ4v) is 4.23. The van der Waals surface area contributed by atoms with Gasteiger partial charge in [-0.15, -0.1) is 0 Å². The molecule has 0 aliphatic heterocycles. The summed E-state index contributed by atoms with van der Waals surface area (Å²) in [6.45, 7) is 3.22. The minimum absolute atomic E-state index is 0.134.